The molecule has 0 radical (unpaired) electrons. The Bertz CT molecular complexity index is 1340. The van der Waals surface area contributed by atoms with Gasteiger partial charge < -0.3 is 28.4 Å². The van der Waals surface area contributed by atoms with Gasteiger partial charge >= 0.3 is 0 Å². The van der Waals surface area contributed by atoms with Gasteiger partial charge in [-0.3, -0.25) is 4.79 Å². The minimum Gasteiger partial charge on any atom is -0.497 e. The molecular weight excluding hydrogens is 484 g/mol. The van der Waals surface area contributed by atoms with Crippen molar-refractivity contribution < 1.29 is 33.2 Å². The zero-order valence-corrected chi connectivity index (χ0v) is 22.4. The zero-order valence-electron chi connectivity index (χ0n) is 22.4. The molecule has 0 aliphatic carbocycles. The van der Waals surface area contributed by atoms with E-state index in [9.17, 15) is 4.79 Å². The lowest BCUT2D eigenvalue weighted by Gasteiger charge is -2.13. The van der Waals surface area contributed by atoms with Gasteiger partial charge in [0.15, 0.2) is 17.3 Å². The molecule has 0 atom stereocenters. The summed E-state index contributed by atoms with van der Waals surface area (Å²) in [5.41, 5.74) is 3.23. The second-order valence-electron chi connectivity index (χ2n) is 7.93. The van der Waals surface area contributed by atoms with Gasteiger partial charge in [0.25, 0.3) is 0 Å². The van der Waals surface area contributed by atoms with Crippen LogP contribution in [0, 0.1) is 0 Å². The van der Waals surface area contributed by atoms with Gasteiger partial charge in [-0.05, 0) is 65.8 Å². The minimum atomic E-state index is -0.218. The Morgan fingerprint density at radius 2 is 1.21 bits per heavy atom. The van der Waals surface area contributed by atoms with Crippen molar-refractivity contribution in [3.63, 3.8) is 0 Å². The van der Waals surface area contributed by atoms with Gasteiger partial charge in [0.1, 0.15) is 17.2 Å². The predicted octanol–water partition coefficient (Wildman–Crippen LogP) is 6.20. The van der Waals surface area contributed by atoms with Crippen LogP contribution >= 0.6 is 0 Å². The molecule has 7 nitrogen and oxygen atoms in total. The van der Waals surface area contributed by atoms with Crippen LogP contribution in [-0.4, -0.2) is 48.4 Å². The molecule has 0 unspecified atom stereocenters. The Balaban J connectivity index is 1.91. The van der Waals surface area contributed by atoms with Crippen LogP contribution in [0.2, 0.25) is 0 Å². The maximum atomic E-state index is 12.8. The van der Waals surface area contributed by atoms with E-state index in [4.69, 9.17) is 28.4 Å². The molecule has 0 aliphatic rings. The number of methoxy groups -OCH3 is 6. The number of carbonyl (C=O) groups is 1. The van der Waals surface area contributed by atoms with E-state index in [0.717, 1.165) is 22.4 Å². The third kappa shape index (κ3) is 6.76. The van der Waals surface area contributed by atoms with Gasteiger partial charge in [0.2, 0.25) is 5.75 Å². The Morgan fingerprint density at radius 1 is 0.553 bits per heavy atom. The summed E-state index contributed by atoms with van der Waals surface area (Å²) in [5, 5.41) is 0. The Labute approximate surface area is 223 Å². The number of carbonyl (C=O) groups excluding carboxylic acids is 1. The number of benzene rings is 3. The maximum absolute atomic E-state index is 12.8. The Kier molecular flexibility index (Phi) is 10.00. The molecule has 3 rings (SSSR count). The summed E-state index contributed by atoms with van der Waals surface area (Å²) in [5.74, 6) is 3.25. The van der Waals surface area contributed by atoms with E-state index < -0.39 is 0 Å². The molecule has 0 saturated heterocycles. The molecule has 0 aromatic heterocycles. The van der Waals surface area contributed by atoms with Crippen LogP contribution in [0.4, 0.5) is 0 Å². The summed E-state index contributed by atoms with van der Waals surface area (Å²) >= 11 is 0. The van der Waals surface area contributed by atoms with Gasteiger partial charge in [0, 0.05) is 17.2 Å². The predicted molar refractivity (Wildman–Crippen MR) is 151 cm³/mol. The van der Waals surface area contributed by atoms with Crippen molar-refractivity contribution in [1.82, 2.24) is 0 Å². The van der Waals surface area contributed by atoms with Gasteiger partial charge in [-0.25, -0.2) is 0 Å². The second kappa shape index (κ2) is 13.6. The van der Waals surface area contributed by atoms with Crippen LogP contribution in [0.1, 0.15) is 22.3 Å². The summed E-state index contributed by atoms with van der Waals surface area (Å²) in [6.07, 6.45) is 10.3. The molecule has 0 spiro atoms. The summed E-state index contributed by atoms with van der Waals surface area (Å²) < 4.78 is 32.5. The highest BCUT2D eigenvalue weighted by molar-refractivity contribution is 6.05. The van der Waals surface area contributed by atoms with Crippen LogP contribution in [0.15, 0.2) is 60.7 Å². The fourth-order valence-corrected chi connectivity index (χ4v) is 3.77. The van der Waals surface area contributed by atoms with Crippen molar-refractivity contribution in [2.75, 3.05) is 42.7 Å². The lowest BCUT2D eigenvalue weighted by Crippen LogP contribution is -1.97. The standard InChI is InChI=1S/C31H32O7/c1-33-25-15-8-21(9-16-25)7-10-23-19-26(34-2)20-29(36-4)27(23)17-14-24(32)13-11-22-12-18-28(35-3)31(38-6)30(22)37-5/h7-20H,1-6H3/b10-7+,13-11+,17-14+. The molecule has 0 fully saturated rings. The minimum absolute atomic E-state index is 0.218. The average Bonchev–Trinajstić information content (AvgIpc) is 2.97. The summed E-state index contributed by atoms with van der Waals surface area (Å²) in [6, 6.07) is 14.9. The number of ether oxygens (including phenoxy) is 6. The number of rotatable bonds is 12. The zero-order chi connectivity index (χ0) is 27.5. The van der Waals surface area contributed by atoms with Crippen LogP contribution in [0.25, 0.3) is 24.3 Å². The van der Waals surface area contributed by atoms with Crippen molar-refractivity contribution in [2.45, 2.75) is 0 Å². The Morgan fingerprint density at radius 3 is 1.82 bits per heavy atom. The fourth-order valence-electron chi connectivity index (χ4n) is 3.77. The van der Waals surface area contributed by atoms with Gasteiger partial charge in [0.05, 0.1) is 42.7 Å². The molecule has 0 saturated carbocycles. The molecule has 0 bridgehead atoms. The molecule has 0 N–H and O–H groups in total. The highest BCUT2D eigenvalue weighted by atomic mass is 16.5. The molecule has 3 aromatic rings. The lowest BCUT2D eigenvalue weighted by molar-refractivity contribution is -0.110. The lowest BCUT2D eigenvalue weighted by atomic mass is 10.0. The molecule has 7 heteroatoms. The first-order chi connectivity index (χ1) is 18.5. The highest BCUT2D eigenvalue weighted by Gasteiger charge is 2.14. The van der Waals surface area contributed by atoms with E-state index in [-0.39, 0.29) is 5.78 Å². The monoisotopic (exact) mass is 516 g/mol. The second-order valence-corrected chi connectivity index (χ2v) is 7.93. The first-order valence-corrected chi connectivity index (χ1v) is 11.7. The van der Waals surface area contributed by atoms with Gasteiger partial charge in [-0.15, -0.1) is 0 Å². The highest BCUT2D eigenvalue weighted by Crippen LogP contribution is 2.40. The summed E-state index contributed by atoms with van der Waals surface area (Å²) in [4.78, 5) is 12.8. The third-order valence-corrected chi connectivity index (χ3v) is 5.75. The molecular formula is C31H32O7. The number of allylic oxidation sites excluding steroid dienone is 2. The van der Waals surface area contributed by atoms with E-state index in [2.05, 4.69) is 0 Å². The van der Waals surface area contributed by atoms with Crippen molar-refractivity contribution in [3.8, 4) is 34.5 Å². The topological polar surface area (TPSA) is 72.5 Å². The van der Waals surface area contributed by atoms with Crippen molar-refractivity contribution in [1.29, 1.82) is 0 Å². The first kappa shape index (κ1) is 27.9. The van der Waals surface area contributed by atoms with E-state index in [0.29, 0.717) is 34.3 Å². The molecule has 3 aromatic carbocycles. The normalized spacial score (nSPS) is 11.2. The SMILES string of the molecule is COc1ccc(/C=C/c2cc(OC)cc(OC)c2/C=C/C(=O)/C=C/c2ccc(OC)c(OC)c2OC)cc1. The first-order valence-electron chi connectivity index (χ1n) is 11.7. The number of hydrogen-bond acceptors (Lipinski definition) is 7. The van der Waals surface area contributed by atoms with Crippen molar-refractivity contribution >= 4 is 30.1 Å². The largest absolute Gasteiger partial charge is 0.497 e. The van der Waals surface area contributed by atoms with Crippen molar-refractivity contribution in [2.24, 2.45) is 0 Å². The van der Waals surface area contributed by atoms with Crippen LogP contribution in [-0.2, 0) is 4.79 Å². The quantitative estimate of drug-likeness (QED) is 0.209. The average molecular weight is 517 g/mol. The summed E-state index contributed by atoms with van der Waals surface area (Å²) in [7, 11) is 9.42. The van der Waals surface area contributed by atoms with Crippen LogP contribution in [0.3, 0.4) is 0 Å². The smallest absolute Gasteiger partial charge is 0.203 e. The third-order valence-electron chi connectivity index (χ3n) is 5.75. The molecule has 38 heavy (non-hydrogen) atoms. The fraction of sp³-hybridized carbons (Fsp3) is 0.194. The van der Waals surface area contributed by atoms with E-state index in [1.54, 1.807) is 58.8 Å². The molecule has 0 amide bonds. The number of hydrogen-bond donors (Lipinski definition) is 0. The molecule has 0 aliphatic heterocycles. The van der Waals surface area contributed by atoms with E-state index in [1.165, 1.54) is 26.4 Å². The van der Waals surface area contributed by atoms with Gasteiger partial charge in [-0.2, -0.15) is 0 Å². The van der Waals surface area contributed by atoms with Gasteiger partial charge in [-0.1, -0.05) is 24.3 Å². The maximum Gasteiger partial charge on any atom is 0.203 e. The molecule has 198 valence electrons. The molecule has 0 heterocycles. The van der Waals surface area contributed by atoms with E-state index >= 15 is 0 Å². The van der Waals surface area contributed by atoms with E-state index in [1.807, 2.05) is 42.5 Å². The van der Waals surface area contributed by atoms with Crippen LogP contribution < -0.4 is 28.4 Å². The Hall–Kier alpha value is -4.65. The number of ketones is 1. The summed E-state index contributed by atoms with van der Waals surface area (Å²) in [6.45, 7) is 0. The van der Waals surface area contributed by atoms with Crippen LogP contribution in [0.5, 0.6) is 34.5 Å². The van der Waals surface area contributed by atoms with Crippen molar-refractivity contribution in [3.05, 3.63) is 82.9 Å².